The van der Waals surface area contributed by atoms with Crippen LogP contribution in [0.5, 0.6) is 0 Å². The normalized spacial score (nSPS) is 14.0. The van der Waals surface area contributed by atoms with Crippen molar-refractivity contribution in [1.82, 2.24) is 0 Å². The van der Waals surface area contributed by atoms with Crippen LogP contribution in [0.25, 0.3) is 0 Å². The molecule has 0 bridgehead atoms. The van der Waals surface area contributed by atoms with Crippen LogP contribution in [0.2, 0.25) is 0 Å². The number of hydrogen-bond acceptors (Lipinski definition) is 7. The molecule has 0 saturated heterocycles. The fourth-order valence-electron chi connectivity index (χ4n) is 5.79. The number of phosphoric acid groups is 1. The number of rotatable bonds is 40. The van der Waals surface area contributed by atoms with E-state index in [1.165, 1.54) is 89.9 Å². The SMILES string of the molecule is CCCCCC/C=C\CCCCCCCCCC(=O)OC[C@H](COP(=O)(O)OCC[N+](C)(C)C)OC(=O)CCC/C=C\C/C=C\C/C=C\CCCCCCCC. The van der Waals surface area contributed by atoms with Gasteiger partial charge in [0.2, 0.25) is 0 Å². The van der Waals surface area contributed by atoms with Crippen molar-refractivity contribution in [2.75, 3.05) is 47.5 Å². The molecule has 0 aliphatic heterocycles. The van der Waals surface area contributed by atoms with Crippen LogP contribution in [0, 0.1) is 0 Å². The number of likely N-dealkylation sites (N-methyl/N-ethyl adjacent to an activating group) is 1. The van der Waals surface area contributed by atoms with E-state index in [1.807, 2.05) is 21.1 Å². The third-order valence-electron chi connectivity index (χ3n) is 9.33. The van der Waals surface area contributed by atoms with E-state index in [2.05, 4.69) is 62.5 Å². The third-order valence-corrected chi connectivity index (χ3v) is 10.3. The van der Waals surface area contributed by atoms with Gasteiger partial charge in [-0.2, -0.15) is 0 Å². The van der Waals surface area contributed by atoms with Gasteiger partial charge in [-0.3, -0.25) is 18.6 Å². The van der Waals surface area contributed by atoms with Gasteiger partial charge in [-0.1, -0.05) is 146 Å². The van der Waals surface area contributed by atoms with Crippen molar-refractivity contribution in [3.8, 4) is 0 Å². The zero-order chi connectivity index (χ0) is 41.4. The predicted molar refractivity (Wildman–Crippen MR) is 233 cm³/mol. The molecule has 326 valence electrons. The van der Waals surface area contributed by atoms with E-state index in [1.54, 1.807) is 0 Å². The van der Waals surface area contributed by atoms with Crippen molar-refractivity contribution < 1.29 is 42.1 Å². The second-order valence-electron chi connectivity index (χ2n) is 16.1. The lowest BCUT2D eigenvalue weighted by atomic mass is 10.1. The van der Waals surface area contributed by atoms with Gasteiger partial charge in [0.25, 0.3) is 0 Å². The zero-order valence-corrected chi connectivity index (χ0v) is 37.5. The molecule has 0 aromatic heterocycles. The van der Waals surface area contributed by atoms with Crippen LogP contribution in [0.4, 0.5) is 0 Å². The highest BCUT2D eigenvalue weighted by molar-refractivity contribution is 7.47. The number of allylic oxidation sites excluding steroid dienone is 8. The number of hydrogen-bond donors (Lipinski definition) is 1. The number of quaternary nitrogens is 1. The van der Waals surface area contributed by atoms with Gasteiger partial charge in [0.15, 0.2) is 6.10 Å². The van der Waals surface area contributed by atoms with Crippen LogP contribution in [-0.2, 0) is 32.7 Å². The van der Waals surface area contributed by atoms with Gasteiger partial charge in [0, 0.05) is 12.8 Å². The van der Waals surface area contributed by atoms with Gasteiger partial charge < -0.3 is 18.9 Å². The Kier molecular flexibility index (Phi) is 37.1. The first-order valence-electron chi connectivity index (χ1n) is 22.4. The first-order chi connectivity index (χ1) is 27.0. The molecule has 0 rings (SSSR count). The first kappa shape index (κ1) is 54.0. The highest BCUT2D eigenvalue weighted by Gasteiger charge is 2.27. The van der Waals surface area contributed by atoms with Crippen LogP contribution in [0.15, 0.2) is 48.6 Å². The van der Waals surface area contributed by atoms with Crippen LogP contribution < -0.4 is 0 Å². The number of esters is 2. The summed E-state index contributed by atoms with van der Waals surface area (Å²) in [5.41, 5.74) is 0. The fraction of sp³-hybridized carbons (Fsp3) is 0.783. The van der Waals surface area contributed by atoms with Crippen molar-refractivity contribution in [3.63, 3.8) is 0 Å². The predicted octanol–water partition coefficient (Wildman–Crippen LogP) is 12.7. The molecule has 2 atom stereocenters. The molecule has 0 fully saturated rings. The minimum atomic E-state index is -4.39. The average Bonchev–Trinajstić information content (AvgIpc) is 3.15. The molecular weight excluding hydrogens is 725 g/mol. The molecule has 10 heteroatoms. The molecule has 0 heterocycles. The van der Waals surface area contributed by atoms with Gasteiger partial charge in [0.1, 0.15) is 19.8 Å². The fourth-order valence-corrected chi connectivity index (χ4v) is 6.53. The minimum Gasteiger partial charge on any atom is -0.462 e. The molecule has 0 aliphatic carbocycles. The van der Waals surface area contributed by atoms with Crippen LogP contribution in [0.3, 0.4) is 0 Å². The smallest absolute Gasteiger partial charge is 0.462 e. The summed E-state index contributed by atoms with van der Waals surface area (Å²) in [5.74, 6) is -0.866. The molecule has 9 nitrogen and oxygen atoms in total. The lowest BCUT2D eigenvalue weighted by Gasteiger charge is -2.24. The maximum atomic E-state index is 12.7. The Bertz CT molecular complexity index is 1100. The Morgan fingerprint density at radius 1 is 0.554 bits per heavy atom. The summed E-state index contributed by atoms with van der Waals surface area (Å²) in [4.78, 5) is 35.3. The summed E-state index contributed by atoms with van der Waals surface area (Å²) in [6.07, 6.45) is 44.5. The lowest BCUT2D eigenvalue weighted by Crippen LogP contribution is -2.37. The molecule has 0 aromatic rings. The summed E-state index contributed by atoms with van der Waals surface area (Å²) in [6.45, 7) is 4.34. The molecule has 56 heavy (non-hydrogen) atoms. The first-order valence-corrected chi connectivity index (χ1v) is 23.9. The number of carbonyl (C=O) groups excluding carboxylic acids is 2. The zero-order valence-electron chi connectivity index (χ0n) is 36.6. The number of ether oxygens (including phenoxy) is 2. The molecule has 0 aromatic carbocycles. The molecule has 1 N–H and O–H groups in total. The maximum absolute atomic E-state index is 12.7. The van der Waals surface area contributed by atoms with E-state index >= 15 is 0 Å². The number of carbonyl (C=O) groups is 2. The average molecular weight is 811 g/mol. The number of unbranched alkanes of at least 4 members (excludes halogenated alkanes) is 18. The maximum Gasteiger partial charge on any atom is 0.472 e. The Labute approximate surface area is 343 Å². The summed E-state index contributed by atoms with van der Waals surface area (Å²) in [6, 6.07) is 0. The second-order valence-corrected chi connectivity index (χ2v) is 17.5. The van der Waals surface area contributed by atoms with Crippen molar-refractivity contribution in [1.29, 1.82) is 0 Å². The van der Waals surface area contributed by atoms with Gasteiger partial charge in [-0.25, -0.2) is 4.57 Å². The van der Waals surface area contributed by atoms with Gasteiger partial charge in [-0.15, -0.1) is 0 Å². The Hall–Kier alpha value is -2.03. The second kappa shape index (κ2) is 38.5. The van der Waals surface area contributed by atoms with E-state index in [-0.39, 0.29) is 32.0 Å². The molecule has 0 aliphatic rings. The molecular formula is C46H85NO8P+. The van der Waals surface area contributed by atoms with Crippen molar-refractivity contribution in [3.05, 3.63) is 48.6 Å². The minimum absolute atomic E-state index is 0.0208. The topological polar surface area (TPSA) is 108 Å². The Balaban J connectivity index is 4.45. The Morgan fingerprint density at radius 3 is 1.52 bits per heavy atom. The summed E-state index contributed by atoms with van der Waals surface area (Å²) in [5, 5.41) is 0. The van der Waals surface area contributed by atoms with E-state index in [9.17, 15) is 19.0 Å². The Morgan fingerprint density at radius 2 is 0.982 bits per heavy atom. The van der Waals surface area contributed by atoms with Crippen molar-refractivity contribution in [2.45, 2.75) is 187 Å². The van der Waals surface area contributed by atoms with E-state index in [0.717, 1.165) is 57.8 Å². The van der Waals surface area contributed by atoms with E-state index < -0.39 is 26.5 Å². The number of phosphoric ester groups is 1. The van der Waals surface area contributed by atoms with Crippen LogP contribution in [-0.4, -0.2) is 74.9 Å². The van der Waals surface area contributed by atoms with Crippen LogP contribution >= 0.6 is 7.82 Å². The third kappa shape index (κ3) is 41.6. The molecule has 1 unspecified atom stereocenters. The lowest BCUT2D eigenvalue weighted by molar-refractivity contribution is -0.870. The summed E-state index contributed by atoms with van der Waals surface area (Å²) >= 11 is 0. The van der Waals surface area contributed by atoms with Gasteiger partial charge in [0.05, 0.1) is 27.7 Å². The largest absolute Gasteiger partial charge is 0.472 e. The van der Waals surface area contributed by atoms with E-state index in [0.29, 0.717) is 17.4 Å². The summed E-state index contributed by atoms with van der Waals surface area (Å²) in [7, 11) is 1.44. The molecule has 0 radical (unpaired) electrons. The number of nitrogens with zero attached hydrogens (tertiary/aromatic N) is 1. The van der Waals surface area contributed by atoms with E-state index in [4.69, 9.17) is 18.5 Å². The van der Waals surface area contributed by atoms with Gasteiger partial charge >= 0.3 is 19.8 Å². The molecule has 0 amide bonds. The van der Waals surface area contributed by atoms with Crippen LogP contribution in [0.1, 0.15) is 181 Å². The summed E-state index contributed by atoms with van der Waals surface area (Å²) < 4.78 is 34.2. The van der Waals surface area contributed by atoms with Crippen molar-refractivity contribution >= 4 is 19.8 Å². The quantitative estimate of drug-likeness (QED) is 0.0214. The standard InChI is InChI=1S/C46H84NO8P/c1-6-8-10-12-14-16-18-20-22-23-25-27-29-31-33-35-37-39-46(49)55-44(43-54-56(50,51)53-41-40-47(3,4)5)42-52-45(48)38-36-34-32-30-28-26-24-21-19-17-15-13-11-9-7-2/h17,19-20,22,25,27,31,33,44H,6-16,18,21,23-24,26,28-30,32,34-43H2,1-5H3/p+1/b19-17-,22-20-,27-25-,33-31-/t44-/m1/s1. The monoisotopic (exact) mass is 811 g/mol. The molecule has 0 spiro atoms. The highest BCUT2D eigenvalue weighted by atomic mass is 31.2. The molecule has 0 saturated carbocycles. The van der Waals surface area contributed by atoms with Gasteiger partial charge in [-0.05, 0) is 70.6 Å². The highest BCUT2D eigenvalue weighted by Crippen LogP contribution is 2.43. The van der Waals surface area contributed by atoms with Crippen molar-refractivity contribution in [2.24, 2.45) is 0 Å².